The molecule has 2 fully saturated rings. The molecule has 0 aliphatic carbocycles. The molecule has 2 saturated heterocycles. The molecule has 1 atom stereocenters. The van der Waals surface area contributed by atoms with Gasteiger partial charge >= 0.3 is 0 Å². The molecule has 0 bridgehead atoms. The van der Waals surface area contributed by atoms with E-state index in [2.05, 4.69) is 10.6 Å². The lowest BCUT2D eigenvalue weighted by Crippen LogP contribution is -2.29. The van der Waals surface area contributed by atoms with E-state index in [1.807, 2.05) is 13.0 Å². The molecule has 0 saturated carbocycles. The zero-order chi connectivity index (χ0) is 17.1. The first-order chi connectivity index (χ1) is 11.5. The summed E-state index contributed by atoms with van der Waals surface area (Å²) in [5, 5.41) is 6.18. The van der Waals surface area contributed by atoms with Crippen molar-refractivity contribution in [3.8, 4) is 0 Å². The van der Waals surface area contributed by atoms with Crippen molar-refractivity contribution in [1.29, 1.82) is 0 Å². The minimum absolute atomic E-state index is 0. The molecule has 1 aromatic rings. The van der Waals surface area contributed by atoms with E-state index in [9.17, 15) is 14.4 Å². The quantitative estimate of drug-likeness (QED) is 0.785. The average Bonchev–Trinajstić information content (AvgIpc) is 3.18. The van der Waals surface area contributed by atoms with Gasteiger partial charge in [-0.1, -0.05) is 6.07 Å². The van der Waals surface area contributed by atoms with Gasteiger partial charge in [-0.25, -0.2) is 0 Å². The monoisotopic (exact) mass is 365 g/mol. The molecule has 0 spiro atoms. The first kappa shape index (κ1) is 19.4. The van der Waals surface area contributed by atoms with Gasteiger partial charge in [-0.15, -0.1) is 12.4 Å². The Labute approximate surface area is 153 Å². The van der Waals surface area contributed by atoms with E-state index in [-0.39, 0.29) is 43.0 Å². The zero-order valence-electron chi connectivity index (χ0n) is 14.3. The van der Waals surface area contributed by atoms with Crippen LogP contribution < -0.4 is 15.5 Å². The number of nitrogens with one attached hydrogen (secondary N) is 2. The number of carbonyl (C=O) groups excluding carboxylic acids is 3. The van der Waals surface area contributed by atoms with Crippen molar-refractivity contribution in [1.82, 2.24) is 5.32 Å². The molecular formula is C18H24ClN3O3. The number of hydrogen-bond donors (Lipinski definition) is 2. The molecule has 3 amide bonds. The summed E-state index contributed by atoms with van der Waals surface area (Å²) < 4.78 is 0. The Balaban J connectivity index is 0.00000225. The van der Waals surface area contributed by atoms with Crippen molar-refractivity contribution in [3.05, 3.63) is 23.8 Å². The number of benzene rings is 1. The predicted molar refractivity (Wildman–Crippen MR) is 99.0 cm³/mol. The summed E-state index contributed by atoms with van der Waals surface area (Å²) in [6.45, 7) is 3.87. The van der Waals surface area contributed by atoms with Crippen LogP contribution in [-0.2, 0) is 14.4 Å². The fraction of sp³-hybridized carbons (Fsp3) is 0.500. The zero-order valence-corrected chi connectivity index (χ0v) is 15.2. The van der Waals surface area contributed by atoms with Gasteiger partial charge in [0.25, 0.3) is 0 Å². The Kier molecular flexibility index (Phi) is 6.56. The van der Waals surface area contributed by atoms with Crippen LogP contribution in [-0.4, -0.2) is 30.8 Å². The van der Waals surface area contributed by atoms with Crippen molar-refractivity contribution in [2.75, 3.05) is 23.3 Å². The summed E-state index contributed by atoms with van der Waals surface area (Å²) in [4.78, 5) is 37.2. The van der Waals surface area contributed by atoms with Crippen molar-refractivity contribution in [2.45, 2.75) is 39.0 Å². The Morgan fingerprint density at radius 3 is 2.64 bits per heavy atom. The van der Waals surface area contributed by atoms with E-state index in [0.29, 0.717) is 23.7 Å². The molecule has 2 aliphatic heterocycles. The SMILES string of the molecule is Cc1ccc(NC(=O)CCC2CCNC2)cc1N1C(=O)CCC1=O.Cl. The van der Waals surface area contributed by atoms with Gasteiger partial charge in [-0.05, 0) is 56.5 Å². The lowest BCUT2D eigenvalue weighted by molar-refractivity contribution is -0.121. The Morgan fingerprint density at radius 2 is 2.00 bits per heavy atom. The third kappa shape index (κ3) is 4.58. The number of imide groups is 1. The Bertz CT molecular complexity index is 656. The van der Waals surface area contributed by atoms with Gasteiger partial charge in [0.1, 0.15) is 0 Å². The molecule has 2 aliphatic rings. The van der Waals surface area contributed by atoms with Crippen LogP contribution in [0.15, 0.2) is 18.2 Å². The third-order valence-corrected chi connectivity index (χ3v) is 4.73. The number of halogens is 1. The van der Waals surface area contributed by atoms with Gasteiger partial charge in [-0.2, -0.15) is 0 Å². The smallest absolute Gasteiger partial charge is 0.234 e. The minimum Gasteiger partial charge on any atom is -0.326 e. The van der Waals surface area contributed by atoms with E-state index in [1.165, 1.54) is 4.90 Å². The number of amides is 3. The van der Waals surface area contributed by atoms with Gasteiger partial charge in [0.15, 0.2) is 0 Å². The second-order valence-electron chi connectivity index (χ2n) is 6.57. The Hall–Kier alpha value is -1.92. The lowest BCUT2D eigenvalue weighted by atomic mass is 10.0. The van der Waals surface area contributed by atoms with Crippen LogP contribution in [0.3, 0.4) is 0 Å². The molecule has 0 aromatic heterocycles. The number of anilines is 2. The van der Waals surface area contributed by atoms with Crippen molar-refractivity contribution in [3.63, 3.8) is 0 Å². The summed E-state index contributed by atoms with van der Waals surface area (Å²) in [6, 6.07) is 5.34. The highest BCUT2D eigenvalue weighted by molar-refractivity contribution is 6.20. The number of hydrogen-bond acceptors (Lipinski definition) is 4. The number of nitrogens with zero attached hydrogens (tertiary/aromatic N) is 1. The molecule has 6 nitrogen and oxygen atoms in total. The van der Waals surface area contributed by atoms with Gasteiger partial charge < -0.3 is 10.6 Å². The molecule has 7 heteroatoms. The van der Waals surface area contributed by atoms with E-state index in [1.54, 1.807) is 12.1 Å². The molecule has 1 aromatic carbocycles. The number of rotatable bonds is 5. The number of aryl methyl sites for hydroxylation is 1. The topological polar surface area (TPSA) is 78.5 Å². The highest BCUT2D eigenvalue weighted by atomic mass is 35.5. The van der Waals surface area contributed by atoms with Crippen LogP contribution in [0.25, 0.3) is 0 Å². The molecule has 25 heavy (non-hydrogen) atoms. The lowest BCUT2D eigenvalue weighted by Gasteiger charge is -2.18. The van der Waals surface area contributed by atoms with Gasteiger partial charge in [0.05, 0.1) is 5.69 Å². The molecular weight excluding hydrogens is 342 g/mol. The van der Waals surface area contributed by atoms with Gasteiger partial charge in [0, 0.05) is 24.9 Å². The summed E-state index contributed by atoms with van der Waals surface area (Å²) >= 11 is 0. The van der Waals surface area contributed by atoms with E-state index >= 15 is 0 Å². The van der Waals surface area contributed by atoms with Gasteiger partial charge in [0.2, 0.25) is 17.7 Å². The normalized spacial score (nSPS) is 19.9. The van der Waals surface area contributed by atoms with E-state index in [0.717, 1.165) is 31.5 Å². The third-order valence-electron chi connectivity index (χ3n) is 4.73. The Morgan fingerprint density at radius 1 is 1.28 bits per heavy atom. The molecule has 136 valence electrons. The second kappa shape index (κ2) is 8.45. The second-order valence-corrected chi connectivity index (χ2v) is 6.57. The van der Waals surface area contributed by atoms with Crippen LogP contribution in [0.4, 0.5) is 11.4 Å². The highest BCUT2D eigenvalue weighted by Crippen LogP contribution is 2.29. The molecule has 0 radical (unpaired) electrons. The van der Waals surface area contributed by atoms with Crippen LogP contribution in [0, 0.1) is 12.8 Å². The van der Waals surface area contributed by atoms with Crippen LogP contribution >= 0.6 is 12.4 Å². The first-order valence-electron chi connectivity index (χ1n) is 8.51. The summed E-state index contributed by atoms with van der Waals surface area (Å²) in [5.41, 5.74) is 2.03. The standard InChI is InChI=1S/C18H23N3O3.ClH/c1-12-2-4-14(10-15(12)21-17(23)6-7-18(21)24)20-16(22)5-3-13-8-9-19-11-13;/h2,4,10,13,19H,3,5-9,11H2,1H3,(H,20,22);1H. The van der Waals surface area contributed by atoms with E-state index < -0.39 is 0 Å². The minimum atomic E-state index is -0.180. The maximum Gasteiger partial charge on any atom is 0.234 e. The largest absolute Gasteiger partial charge is 0.326 e. The van der Waals surface area contributed by atoms with Crippen molar-refractivity contribution < 1.29 is 14.4 Å². The average molecular weight is 366 g/mol. The maximum atomic E-state index is 12.1. The summed E-state index contributed by atoms with van der Waals surface area (Å²) in [5.74, 6) is 0.181. The summed E-state index contributed by atoms with van der Waals surface area (Å²) in [6.07, 6.45) is 2.99. The predicted octanol–water partition coefficient (Wildman–Crippen LogP) is 2.40. The highest BCUT2D eigenvalue weighted by Gasteiger charge is 2.31. The van der Waals surface area contributed by atoms with E-state index in [4.69, 9.17) is 0 Å². The fourth-order valence-corrected chi connectivity index (χ4v) is 3.29. The molecule has 3 rings (SSSR count). The molecule has 1 unspecified atom stereocenters. The fourth-order valence-electron chi connectivity index (χ4n) is 3.29. The maximum absolute atomic E-state index is 12.1. The number of carbonyl (C=O) groups is 3. The van der Waals surface area contributed by atoms with Gasteiger partial charge in [-0.3, -0.25) is 19.3 Å². The van der Waals surface area contributed by atoms with Crippen molar-refractivity contribution >= 4 is 41.5 Å². The van der Waals surface area contributed by atoms with Crippen molar-refractivity contribution in [2.24, 2.45) is 5.92 Å². The molecule has 2 N–H and O–H groups in total. The van der Waals surface area contributed by atoms with Crippen LogP contribution in [0.1, 0.15) is 37.7 Å². The first-order valence-corrected chi connectivity index (χ1v) is 8.51. The van der Waals surface area contributed by atoms with Crippen LogP contribution in [0.5, 0.6) is 0 Å². The molecule has 2 heterocycles. The summed E-state index contributed by atoms with van der Waals surface area (Å²) in [7, 11) is 0. The van der Waals surface area contributed by atoms with Crippen LogP contribution in [0.2, 0.25) is 0 Å².